The molecule has 0 amide bonds. The fourth-order valence-corrected chi connectivity index (χ4v) is 3.29. The van der Waals surface area contributed by atoms with E-state index < -0.39 is 0 Å². The predicted octanol–water partition coefficient (Wildman–Crippen LogP) is 3.39. The second-order valence-corrected chi connectivity index (χ2v) is 7.18. The summed E-state index contributed by atoms with van der Waals surface area (Å²) < 4.78 is 7.06. The van der Waals surface area contributed by atoms with Crippen LogP contribution in [0.3, 0.4) is 0 Å². The number of carbonyl (C=O) groups excluding carboxylic acids is 1. The SMILES string of the molecule is COC(=O)c1c(C)n(C)c2cc3c(cc12)CN(C(C)(C)C)C3. The highest BCUT2D eigenvalue weighted by Crippen LogP contribution is 2.35. The van der Waals surface area contributed by atoms with Gasteiger partial charge in [-0.1, -0.05) is 0 Å². The largest absolute Gasteiger partial charge is 0.465 e. The molecule has 1 aromatic carbocycles. The number of aryl methyl sites for hydroxylation is 1. The van der Waals surface area contributed by atoms with Crippen LogP contribution in [0.25, 0.3) is 10.9 Å². The second kappa shape index (κ2) is 4.85. The van der Waals surface area contributed by atoms with Crippen molar-refractivity contribution in [3.05, 3.63) is 34.5 Å². The van der Waals surface area contributed by atoms with Gasteiger partial charge in [-0.3, -0.25) is 4.90 Å². The van der Waals surface area contributed by atoms with Crippen LogP contribution >= 0.6 is 0 Å². The molecule has 2 heterocycles. The number of ether oxygens (including phenoxy) is 1. The second-order valence-electron chi connectivity index (χ2n) is 7.18. The van der Waals surface area contributed by atoms with E-state index in [1.807, 2.05) is 14.0 Å². The third kappa shape index (κ3) is 2.13. The maximum Gasteiger partial charge on any atom is 0.340 e. The van der Waals surface area contributed by atoms with E-state index >= 15 is 0 Å². The zero-order chi connectivity index (χ0) is 16.2. The van der Waals surface area contributed by atoms with Crippen LogP contribution in [-0.4, -0.2) is 28.1 Å². The van der Waals surface area contributed by atoms with Gasteiger partial charge in [0.25, 0.3) is 0 Å². The van der Waals surface area contributed by atoms with Gasteiger partial charge < -0.3 is 9.30 Å². The van der Waals surface area contributed by atoms with E-state index in [4.69, 9.17) is 4.74 Å². The molecule has 0 atom stereocenters. The van der Waals surface area contributed by atoms with Gasteiger partial charge in [0.2, 0.25) is 0 Å². The van der Waals surface area contributed by atoms with E-state index in [0.717, 1.165) is 29.7 Å². The van der Waals surface area contributed by atoms with Gasteiger partial charge in [-0.05, 0) is 51.0 Å². The molecule has 2 aromatic rings. The van der Waals surface area contributed by atoms with Crippen molar-refractivity contribution >= 4 is 16.9 Å². The minimum Gasteiger partial charge on any atom is -0.465 e. The Morgan fingerprint density at radius 1 is 1.18 bits per heavy atom. The van der Waals surface area contributed by atoms with Crippen molar-refractivity contribution in [3.8, 4) is 0 Å². The lowest BCUT2D eigenvalue weighted by Crippen LogP contribution is -2.36. The maximum atomic E-state index is 12.1. The van der Waals surface area contributed by atoms with Crippen LogP contribution in [0.1, 0.15) is 48.0 Å². The molecule has 0 bridgehead atoms. The first-order chi connectivity index (χ1) is 10.2. The van der Waals surface area contributed by atoms with E-state index in [2.05, 4.69) is 42.4 Å². The average molecular weight is 300 g/mol. The number of fused-ring (bicyclic) bond motifs is 2. The van der Waals surface area contributed by atoms with Gasteiger partial charge in [0, 0.05) is 42.3 Å². The molecule has 1 aliphatic heterocycles. The molecule has 0 N–H and O–H groups in total. The molecule has 0 radical (unpaired) electrons. The first-order valence-electron chi connectivity index (χ1n) is 7.68. The standard InChI is InChI=1S/C18H24N2O2/c1-11-16(17(21)22-6)14-7-12-9-20(18(2,3)4)10-13(12)8-15(14)19(11)5/h7-8H,9-10H2,1-6H3. The Balaban J connectivity index is 2.17. The van der Waals surface area contributed by atoms with Crippen LogP contribution < -0.4 is 0 Å². The third-order valence-corrected chi connectivity index (χ3v) is 4.87. The molecule has 0 unspecified atom stereocenters. The van der Waals surface area contributed by atoms with Crippen LogP contribution in [0.4, 0.5) is 0 Å². The van der Waals surface area contributed by atoms with Gasteiger partial charge in [0.05, 0.1) is 12.7 Å². The first-order valence-corrected chi connectivity index (χ1v) is 7.68. The summed E-state index contributed by atoms with van der Waals surface area (Å²) >= 11 is 0. The molecule has 1 aromatic heterocycles. The van der Waals surface area contributed by atoms with Crippen molar-refractivity contribution in [1.82, 2.24) is 9.47 Å². The predicted molar refractivity (Wildman–Crippen MR) is 88.0 cm³/mol. The summed E-state index contributed by atoms with van der Waals surface area (Å²) in [6.07, 6.45) is 0. The molecule has 0 saturated carbocycles. The fourth-order valence-electron chi connectivity index (χ4n) is 3.29. The molecule has 1 aliphatic rings. The topological polar surface area (TPSA) is 34.5 Å². The molecule has 0 aliphatic carbocycles. The van der Waals surface area contributed by atoms with Crippen molar-refractivity contribution in [2.75, 3.05) is 7.11 Å². The van der Waals surface area contributed by atoms with E-state index in [9.17, 15) is 4.79 Å². The molecule has 4 heteroatoms. The summed E-state index contributed by atoms with van der Waals surface area (Å²) in [4.78, 5) is 14.6. The van der Waals surface area contributed by atoms with Gasteiger partial charge in [-0.2, -0.15) is 0 Å². The number of carbonyl (C=O) groups is 1. The van der Waals surface area contributed by atoms with E-state index in [0.29, 0.717) is 5.56 Å². The van der Waals surface area contributed by atoms with E-state index in [-0.39, 0.29) is 11.5 Å². The Bertz CT molecular complexity index is 766. The summed E-state index contributed by atoms with van der Waals surface area (Å²) in [5.74, 6) is -0.256. The van der Waals surface area contributed by atoms with Gasteiger partial charge >= 0.3 is 5.97 Å². The Morgan fingerprint density at radius 2 is 1.77 bits per heavy atom. The molecule has 4 nitrogen and oxygen atoms in total. The van der Waals surface area contributed by atoms with Gasteiger partial charge in [0.15, 0.2) is 0 Å². The quantitative estimate of drug-likeness (QED) is 0.757. The summed E-state index contributed by atoms with van der Waals surface area (Å²) in [6.45, 7) is 10.6. The molecular weight excluding hydrogens is 276 g/mol. The molecule has 22 heavy (non-hydrogen) atoms. The van der Waals surface area contributed by atoms with Crippen molar-refractivity contribution in [2.24, 2.45) is 7.05 Å². The van der Waals surface area contributed by atoms with Crippen LogP contribution in [-0.2, 0) is 24.9 Å². The number of hydrogen-bond donors (Lipinski definition) is 0. The molecule has 0 spiro atoms. The number of nitrogens with zero attached hydrogens (tertiary/aromatic N) is 2. The van der Waals surface area contributed by atoms with Crippen LogP contribution in [0.5, 0.6) is 0 Å². The lowest BCUT2D eigenvalue weighted by molar-refractivity contribution is 0.0602. The summed E-state index contributed by atoms with van der Waals surface area (Å²) in [7, 11) is 3.45. The fraction of sp³-hybridized carbons (Fsp3) is 0.500. The highest BCUT2D eigenvalue weighted by Gasteiger charge is 2.30. The van der Waals surface area contributed by atoms with Gasteiger partial charge in [-0.25, -0.2) is 4.79 Å². The highest BCUT2D eigenvalue weighted by atomic mass is 16.5. The van der Waals surface area contributed by atoms with Crippen LogP contribution in [0.2, 0.25) is 0 Å². The number of esters is 1. The average Bonchev–Trinajstić information content (AvgIpc) is 2.97. The minimum atomic E-state index is -0.256. The van der Waals surface area contributed by atoms with Gasteiger partial charge in [0.1, 0.15) is 0 Å². The third-order valence-electron chi connectivity index (χ3n) is 4.87. The molecule has 0 saturated heterocycles. The molecule has 0 fully saturated rings. The normalized spacial score (nSPS) is 15.4. The highest BCUT2D eigenvalue weighted by molar-refractivity contribution is 6.06. The zero-order valence-electron chi connectivity index (χ0n) is 14.3. The monoisotopic (exact) mass is 300 g/mol. The summed E-state index contributed by atoms with van der Waals surface area (Å²) in [5.41, 5.74) is 5.58. The minimum absolute atomic E-state index is 0.145. The first kappa shape index (κ1) is 15.1. The van der Waals surface area contributed by atoms with Crippen molar-refractivity contribution in [2.45, 2.75) is 46.3 Å². The lowest BCUT2D eigenvalue weighted by Gasteiger charge is -2.31. The summed E-state index contributed by atoms with van der Waals surface area (Å²) in [6, 6.07) is 4.41. The number of methoxy groups -OCH3 is 1. The molecule has 3 rings (SSSR count). The lowest BCUT2D eigenvalue weighted by atomic mass is 10.0. The van der Waals surface area contributed by atoms with Crippen LogP contribution in [0.15, 0.2) is 12.1 Å². The number of aromatic nitrogens is 1. The molecular formula is C18H24N2O2. The Labute approximate surface area is 131 Å². The smallest absolute Gasteiger partial charge is 0.340 e. The Morgan fingerprint density at radius 3 is 2.32 bits per heavy atom. The van der Waals surface area contributed by atoms with E-state index in [1.165, 1.54) is 18.2 Å². The van der Waals surface area contributed by atoms with Crippen molar-refractivity contribution in [1.29, 1.82) is 0 Å². The van der Waals surface area contributed by atoms with Gasteiger partial charge in [-0.15, -0.1) is 0 Å². The molecule has 118 valence electrons. The number of rotatable bonds is 1. The Hall–Kier alpha value is -1.81. The summed E-state index contributed by atoms with van der Waals surface area (Å²) in [5, 5.41) is 1.00. The maximum absolute atomic E-state index is 12.1. The number of benzene rings is 1. The van der Waals surface area contributed by atoms with Crippen molar-refractivity contribution in [3.63, 3.8) is 0 Å². The van der Waals surface area contributed by atoms with Crippen molar-refractivity contribution < 1.29 is 9.53 Å². The van der Waals surface area contributed by atoms with E-state index in [1.54, 1.807) is 0 Å². The zero-order valence-corrected chi connectivity index (χ0v) is 14.3. The van der Waals surface area contributed by atoms with Crippen LogP contribution in [0, 0.1) is 6.92 Å². The number of hydrogen-bond acceptors (Lipinski definition) is 3. The Kier molecular flexibility index (Phi) is 3.33.